The Morgan fingerprint density at radius 2 is 2.40 bits per heavy atom. The van der Waals surface area contributed by atoms with Gasteiger partial charge in [-0.1, -0.05) is 12.1 Å². The highest BCUT2D eigenvalue weighted by Crippen LogP contribution is 2.08. The van der Waals surface area contributed by atoms with E-state index in [9.17, 15) is 4.79 Å². The number of ether oxygens (including phenoxy) is 1. The molecule has 5 heteroatoms. The molecular weight excluding hydrogens is 254 g/mol. The molecule has 1 aliphatic heterocycles. The third-order valence-corrected chi connectivity index (χ3v) is 3.46. The van der Waals surface area contributed by atoms with Gasteiger partial charge in [-0.3, -0.25) is 4.79 Å². The number of carbonyl (C=O) groups is 1. The van der Waals surface area contributed by atoms with E-state index in [2.05, 4.69) is 17.3 Å². The Balaban J connectivity index is 1.67. The number of benzene rings is 1. The summed E-state index contributed by atoms with van der Waals surface area (Å²) in [5.41, 5.74) is 7.54. The molecule has 1 aromatic rings. The molecule has 1 saturated heterocycles. The third kappa shape index (κ3) is 4.83. The zero-order chi connectivity index (χ0) is 14.4. The number of likely N-dealkylation sites (N-methyl/N-ethyl adjacent to an activating group) is 1. The van der Waals surface area contributed by atoms with Crippen LogP contribution in [-0.2, 0) is 16.0 Å². The van der Waals surface area contributed by atoms with Gasteiger partial charge in [0.1, 0.15) is 0 Å². The molecule has 0 saturated carbocycles. The van der Waals surface area contributed by atoms with Crippen molar-refractivity contribution >= 4 is 11.6 Å². The first-order chi connectivity index (χ1) is 9.63. The molecule has 1 aliphatic rings. The second-order valence-electron chi connectivity index (χ2n) is 5.30. The summed E-state index contributed by atoms with van der Waals surface area (Å²) in [7, 11) is 2.07. The molecule has 1 heterocycles. The lowest BCUT2D eigenvalue weighted by Crippen LogP contribution is -2.45. The van der Waals surface area contributed by atoms with Crippen molar-refractivity contribution < 1.29 is 9.53 Å². The predicted octanol–water partition coefficient (Wildman–Crippen LogP) is 0.648. The number of amides is 1. The quantitative estimate of drug-likeness (QED) is 0.775. The lowest BCUT2D eigenvalue weighted by atomic mass is 10.1. The van der Waals surface area contributed by atoms with Crippen molar-refractivity contribution in [2.75, 3.05) is 39.0 Å². The Morgan fingerprint density at radius 3 is 3.15 bits per heavy atom. The molecule has 0 aromatic heterocycles. The fraction of sp³-hybridized carbons (Fsp3) is 0.533. The number of carbonyl (C=O) groups excluding carboxylic acids is 1. The number of anilines is 1. The zero-order valence-electron chi connectivity index (χ0n) is 12.0. The van der Waals surface area contributed by atoms with E-state index in [1.807, 2.05) is 24.3 Å². The number of nitrogens with zero attached hydrogens (tertiary/aromatic N) is 1. The van der Waals surface area contributed by atoms with Gasteiger partial charge in [0, 0.05) is 31.7 Å². The molecule has 5 nitrogen and oxygen atoms in total. The second kappa shape index (κ2) is 7.26. The van der Waals surface area contributed by atoms with E-state index in [0.717, 1.165) is 30.9 Å². The van der Waals surface area contributed by atoms with Crippen LogP contribution in [0.15, 0.2) is 24.3 Å². The van der Waals surface area contributed by atoms with Crippen LogP contribution in [0.25, 0.3) is 0 Å². The van der Waals surface area contributed by atoms with E-state index >= 15 is 0 Å². The van der Waals surface area contributed by atoms with Gasteiger partial charge in [0.15, 0.2) is 0 Å². The number of rotatable bonds is 5. The van der Waals surface area contributed by atoms with Crippen molar-refractivity contribution in [2.24, 2.45) is 0 Å². The Kier molecular flexibility index (Phi) is 5.38. The number of nitrogens with two attached hydrogens (primary N) is 1. The van der Waals surface area contributed by atoms with Gasteiger partial charge in [0.05, 0.1) is 12.7 Å². The zero-order valence-corrected chi connectivity index (χ0v) is 12.0. The SMILES string of the molecule is CN1CCOC(CNC(=O)CCc2cccc(N)c2)C1. The number of hydrogen-bond donors (Lipinski definition) is 2. The van der Waals surface area contributed by atoms with Crippen molar-refractivity contribution in [2.45, 2.75) is 18.9 Å². The predicted molar refractivity (Wildman–Crippen MR) is 79.4 cm³/mol. The lowest BCUT2D eigenvalue weighted by Gasteiger charge is -2.30. The van der Waals surface area contributed by atoms with Crippen LogP contribution in [0.4, 0.5) is 5.69 Å². The van der Waals surface area contributed by atoms with E-state index < -0.39 is 0 Å². The van der Waals surface area contributed by atoms with Crippen molar-refractivity contribution in [1.29, 1.82) is 0 Å². The van der Waals surface area contributed by atoms with Crippen LogP contribution in [0.5, 0.6) is 0 Å². The molecule has 1 atom stereocenters. The van der Waals surface area contributed by atoms with E-state index in [1.54, 1.807) is 0 Å². The molecule has 110 valence electrons. The third-order valence-electron chi connectivity index (χ3n) is 3.46. The van der Waals surface area contributed by atoms with Crippen LogP contribution >= 0.6 is 0 Å². The average Bonchev–Trinajstić information content (AvgIpc) is 2.43. The van der Waals surface area contributed by atoms with Crippen LogP contribution in [0, 0.1) is 0 Å². The minimum atomic E-state index is 0.0595. The van der Waals surface area contributed by atoms with Crippen molar-refractivity contribution in [1.82, 2.24) is 10.2 Å². The minimum Gasteiger partial charge on any atom is -0.399 e. The van der Waals surface area contributed by atoms with E-state index in [-0.39, 0.29) is 12.0 Å². The lowest BCUT2D eigenvalue weighted by molar-refractivity contribution is -0.122. The van der Waals surface area contributed by atoms with Crippen LogP contribution in [0.2, 0.25) is 0 Å². The Morgan fingerprint density at radius 1 is 1.55 bits per heavy atom. The molecule has 3 N–H and O–H groups in total. The summed E-state index contributed by atoms with van der Waals surface area (Å²) in [6.07, 6.45) is 1.29. The number of hydrogen-bond acceptors (Lipinski definition) is 4. The van der Waals surface area contributed by atoms with Gasteiger partial charge in [-0.15, -0.1) is 0 Å². The van der Waals surface area contributed by atoms with E-state index in [1.165, 1.54) is 0 Å². The number of nitrogen functional groups attached to an aromatic ring is 1. The molecule has 0 bridgehead atoms. The van der Waals surface area contributed by atoms with E-state index in [4.69, 9.17) is 10.5 Å². The summed E-state index contributed by atoms with van der Waals surface area (Å²) in [4.78, 5) is 14.0. The van der Waals surface area contributed by atoms with Gasteiger partial charge < -0.3 is 20.7 Å². The molecular formula is C15H23N3O2. The van der Waals surface area contributed by atoms with Crippen molar-refractivity contribution in [3.05, 3.63) is 29.8 Å². The molecule has 20 heavy (non-hydrogen) atoms. The van der Waals surface area contributed by atoms with Gasteiger partial charge in [0.25, 0.3) is 0 Å². The van der Waals surface area contributed by atoms with Crippen molar-refractivity contribution in [3.8, 4) is 0 Å². The smallest absolute Gasteiger partial charge is 0.220 e. The Hall–Kier alpha value is -1.59. The summed E-state index contributed by atoms with van der Waals surface area (Å²) in [5, 5.41) is 2.94. The normalized spacial score (nSPS) is 19.8. The number of morpholine rings is 1. The molecule has 2 rings (SSSR count). The highest BCUT2D eigenvalue weighted by molar-refractivity contribution is 5.76. The van der Waals surface area contributed by atoms with Crippen LogP contribution in [0.1, 0.15) is 12.0 Å². The van der Waals surface area contributed by atoms with Gasteiger partial charge in [-0.05, 0) is 31.2 Å². The Labute approximate surface area is 120 Å². The largest absolute Gasteiger partial charge is 0.399 e. The van der Waals surface area contributed by atoms with Crippen LogP contribution < -0.4 is 11.1 Å². The summed E-state index contributed by atoms with van der Waals surface area (Å²) in [5.74, 6) is 0.0595. The molecule has 1 fully saturated rings. The summed E-state index contributed by atoms with van der Waals surface area (Å²) in [6, 6.07) is 7.66. The molecule has 1 amide bonds. The number of nitrogens with one attached hydrogen (secondary N) is 1. The van der Waals surface area contributed by atoms with Gasteiger partial charge >= 0.3 is 0 Å². The highest BCUT2D eigenvalue weighted by atomic mass is 16.5. The summed E-state index contributed by atoms with van der Waals surface area (Å²) in [6.45, 7) is 3.15. The minimum absolute atomic E-state index is 0.0595. The maximum Gasteiger partial charge on any atom is 0.220 e. The first-order valence-corrected chi connectivity index (χ1v) is 7.05. The van der Waals surface area contributed by atoms with Crippen LogP contribution in [-0.4, -0.2) is 50.2 Å². The maximum absolute atomic E-state index is 11.8. The second-order valence-corrected chi connectivity index (χ2v) is 5.30. The van der Waals surface area contributed by atoms with Gasteiger partial charge in [-0.25, -0.2) is 0 Å². The Bertz CT molecular complexity index is 450. The van der Waals surface area contributed by atoms with Crippen LogP contribution in [0.3, 0.4) is 0 Å². The topological polar surface area (TPSA) is 67.6 Å². The van der Waals surface area contributed by atoms with Gasteiger partial charge in [-0.2, -0.15) is 0 Å². The first-order valence-electron chi connectivity index (χ1n) is 7.05. The average molecular weight is 277 g/mol. The summed E-state index contributed by atoms with van der Waals surface area (Å²) < 4.78 is 5.60. The standard InChI is InChI=1S/C15H23N3O2/c1-18-7-8-20-14(11-18)10-17-15(19)6-5-12-3-2-4-13(16)9-12/h2-4,9,14H,5-8,10-11,16H2,1H3,(H,17,19). The highest BCUT2D eigenvalue weighted by Gasteiger charge is 2.17. The molecule has 1 aromatic carbocycles. The van der Waals surface area contributed by atoms with Crippen molar-refractivity contribution in [3.63, 3.8) is 0 Å². The van der Waals surface area contributed by atoms with Gasteiger partial charge in [0.2, 0.25) is 5.91 Å². The molecule has 0 spiro atoms. The first kappa shape index (κ1) is 14.8. The monoisotopic (exact) mass is 277 g/mol. The molecule has 0 aliphatic carbocycles. The molecule has 1 unspecified atom stereocenters. The fourth-order valence-electron chi connectivity index (χ4n) is 2.31. The number of aryl methyl sites for hydroxylation is 1. The summed E-state index contributed by atoms with van der Waals surface area (Å²) >= 11 is 0. The fourth-order valence-corrected chi connectivity index (χ4v) is 2.31. The van der Waals surface area contributed by atoms with E-state index in [0.29, 0.717) is 19.4 Å². The maximum atomic E-state index is 11.8. The molecule has 0 radical (unpaired) electrons.